The van der Waals surface area contributed by atoms with Gasteiger partial charge in [0.25, 0.3) is 10.0 Å². The van der Waals surface area contributed by atoms with E-state index in [1.54, 1.807) is 54.6 Å². The van der Waals surface area contributed by atoms with E-state index in [0.717, 1.165) is 5.56 Å². The summed E-state index contributed by atoms with van der Waals surface area (Å²) in [5.41, 5.74) is 7.27. The Kier molecular flexibility index (Phi) is 5.37. The molecular weight excluding hydrogens is 464 g/mol. The molecule has 0 bridgehead atoms. The first-order valence-corrected chi connectivity index (χ1v) is 12.2. The topological polar surface area (TPSA) is 116 Å². The van der Waals surface area contributed by atoms with Gasteiger partial charge in [-0.05, 0) is 31.2 Å². The lowest BCUT2D eigenvalue weighted by atomic mass is 9.82. The summed E-state index contributed by atoms with van der Waals surface area (Å²) in [7, 11) is -4.09. The van der Waals surface area contributed by atoms with E-state index in [1.165, 1.54) is 24.3 Å². The van der Waals surface area contributed by atoms with Gasteiger partial charge in [-0.2, -0.15) is 0 Å². The number of nitrogens with two attached hydrogens (primary N) is 1. The third-order valence-electron chi connectivity index (χ3n) is 5.75. The Hall–Kier alpha value is -4.43. The maximum atomic E-state index is 13.5. The van der Waals surface area contributed by atoms with Crippen molar-refractivity contribution in [2.75, 3.05) is 10.5 Å². The monoisotopic (exact) mass is 484 g/mol. The zero-order chi connectivity index (χ0) is 24.7. The van der Waals surface area contributed by atoms with Gasteiger partial charge in [0.15, 0.2) is 17.3 Å². The van der Waals surface area contributed by atoms with E-state index in [-0.39, 0.29) is 44.3 Å². The summed E-state index contributed by atoms with van der Waals surface area (Å²) in [6.07, 6.45) is 0. The SMILES string of the molecule is Cc1ccc(S(=O)(=O)Nc2cc(Oc3ccccc3)c(N)c3c2C(=O)c2ccccc2C3=O)cc1. The van der Waals surface area contributed by atoms with Gasteiger partial charge in [0.05, 0.1) is 27.4 Å². The number of rotatable bonds is 5. The highest BCUT2D eigenvalue weighted by Gasteiger charge is 2.36. The summed E-state index contributed by atoms with van der Waals surface area (Å²) in [4.78, 5) is 26.9. The van der Waals surface area contributed by atoms with Gasteiger partial charge in [-0.25, -0.2) is 8.42 Å². The van der Waals surface area contributed by atoms with Gasteiger partial charge in [-0.1, -0.05) is 60.2 Å². The molecule has 0 aliphatic heterocycles. The zero-order valence-electron chi connectivity index (χ0n) is 18.6. The Balaban J connectivity index is 1.71. The van der Waals surface area contributed by atoms with E-state index in [0.29, 0.717) is 5.75 Å². The molecule has 7 nitrogen and oxygen atoms in total. The van der Waals surface area contributed by atoms with Crippen molar-refractivity contribution in [3.05, 3.63) is 113 Å². The van der Waals surface area contributed by atoms with Gasteiger partial charge >= 0.3 is 0 Å². The summed E-state index contributed by atoms with van der Waals surface area (Å²) in [6.45, 7) is 1.84. The second-order valence-electron chi connectivity index (χ2n) is 8.12. The predicted octanol–water partition coefficient (Wildman–Crippen LogP) is 4.95. The number of carbonyl (C=O) groups excluding carboxylic acids is 2. The molecule has 0 heterocycles. The van der Waals surface area contributed by atoms with Gasteiger partial charge in [0, 0.05) is 17.2 Å². The number of anilines is 2. The minimum absolute atomic E-state index is 0.00851. The van der Waals surface area contributed by atoms with Crippen molar-refractivity contribution in [3.63, 3.8) is 0 Å². The molecule has 1 aliphatic carbocycles. The second-order valence-corrected chi connectivity index (χ2v) is 9.81. The molecular formula is C27H20N2O5S. The normalized spacial score (nSPS) is 12.6. The summed E-state index contributed by atoms with van der Waals surface area (Å²) in [6, 6.07) is 22.7. The summed E-state index contributed by atoms with van der Waals surface area (Å²) < 4.78 is 34.8. The van der Waals surface area contributed by atoms with Crippen molar-refractivity contribution in [2.24, 2.45) is 0 Å². The van der Waals surface area contributed by atoms with Crippen LogP contribution in [0, 0.1) is 6.92 Å². The van der Waals surface area contributed by atoms with Crippen LogP contribution < -0.4 is 15.2 Å². The average Bonchev–Trinajstić information content (AvgIpc) is 2.85. The van der Waals surface area contributed by atoms with Gasteiger partial charge in [-0.15, -0.1) is 0 Å². The molecule has 4 aromatic carbocycles. The molecule has 0 saturated carbocycles. The number of benzene rings is 4. The minimum atomic E-state index is -4.09. The maximum absolute atomic E-state index is 13.5. The maximum Gasteiger partial charge on any atom is 0.261 e. The molecule has 0 unspecified atom stereocenters. The second kappa shape index (κ2) is 8.41. The molecule has 0 fully saturated rings. The third-order valence-corrected chi connectivity index (χ3v) is 7.13. The lowest BCUT2D eigenvalue weighted by molar-refractivity contribution is 0.0980. The van der Waals surface area contributed by atoms with E-state index in [1.807, 2.05) is 13.0 Å². The minimum Gasteiger partial charge on any atom is -0.455 e. The fraction of sp³-hybridized carbons (Fsp3) is 0.0370. The highest BCUT2D eigenvalue weighted by molar-refractivity contribution is 7.92. The molecule has 0 aromatic heterocycles. The quantitative estimate of drug-likeness (QED) is 0.341. The number of ether oxygens (including phenoxy) is 1. The molecule has 0 radical (unpaired) electrons. The van der Waals surface area contributed by atoms with Crippen LogP contribution in [0.2, 0.25) is 0 Å². The van der Waals surface area contributed by atoms with Crippen LogP contribution in [0.15, 0.2) is 89.8 Å². The van der Waals surface area contributed by atoms with Crippen molar-refractivity contribution in [2.45, 2.75) is 11.8 Å². The Labute approximate surface area is 202 Å². The van der Waals surface area contributed by atoms with Gasteiger partial charge in [0.2, 0.25) is 0 Å². The summed E-state index contributed by atoms with van der Waals surface area (Å²) in [5, 5.41) is 0. The highest BCUT2D eigenvalue weighted by Crippen LogP contribution is 2.42. The Morgan fingerprint density at radius 2 is 1.34 bits per heavy atom. The number of sulfonamides is 1. The molecule has 4 aromatic rings. The lowest BCUT2D eigenvalue weighted by Gasteiger charge is -2.24. The number of nitrogens with one attached hydrogen (secondary N) is 1. The Bertz CT molecular complexity index is 1600. The molecule has 1 aliphatic rings. The molecule has 0 amide bonds. The standard InChI is InChI=1S/C27H20N2O5S/c1-16-11-13-18(14-12-16)35(32,33)29-21-15-22(34-17-7-3-2-4-8-17)25(28)24-23(21)26(30)19-9-5-6-10-20(19)27(24)31/h2-15,29H,28H2,1H3. The van der Waals surface area contributed by atoms with Crippen LogP contribution in [0.5, 0.6) is 11.5 Å². The largest absolute Gasteiger partial charge is 0.455 e. The number of hydrogen-bond acceptors (Lipinski definition) is 6. The number of aryl methyl sites for hydroxylation is 1. The van der Waals surface area contributed by atoms with E-state index in [9.17, 15) is 18.0 Å². The lowest BCUT2D eigenvalue weighted by Crippen LogP contribution is -2.25. The molecule has 5 rings (SSSR count). The molecule has 0 saturated heterocycles. The number of carbonyl (C=O) groups is 2. The number of ketones is 2. The van der Waals surface area contributed by atoms with Gasteiger partial charge in [0.1, 0.15) is 5.75 Å². The number of para-hydroxylation sites is 1. The smallest absolute Gasteiger partial charge is 0.261 e. The van der Waals surface area contributed by atoms with Crippen LogP contribution in [-0.2, 0) is 10.0 Å². The van der Waals surface area contributed by atoms with E-state index in [2.05, 4.69) is 4.72 Å². The van der Waals surface area contributed by atoms with Crippen LogP contribution >= 0.6 is 0 Å². The molecule has 174 valence electrons. The molecule has 3 N–H and O–H groups in total. The summed E-state index contributed by atoms with van der Waals surface area (Å²) >= 11 is 0. The van der Waals surface area contributed by atoms with Crippen molar-refractivity contribution >= 4 is 33.0 Å². The Morgan fingerprint density at radius 1 is 0.771 bits per heavy atom. The van der Waals surface area contributed by atoms with Crippen LogP contribution in [0.25, 0.3) is 0 Å². The van der Waals surface area contributed by atoms with Gasteiger partial charge < -0.3 is 10.5 Å². The predicted molar refractivity (Wildman–Crippen MR) is 133 cm³/mol. The van der Waals surface area contributed by atoms with E-state index >= 15 is 0 Å². The first kappa shape index (κ1) is 22.4. The molecule has 8 heteroatoms. The average molecular weight is 485 g/mol. The molecule has 35 heavy (non-hydrogen) atoms. The van der Waals surface area contributed by atoms with Crippen molar-refractivity contribution < 1.29 is 22.7 Å². The Morgan fingerprint density at radius 3 is 1.97 bits per heavy atom. The zero-order valence-corrected chi connectivity index (χ0v) is 19.4. The summed E-state index contributed by atoms with van der Waals surface area (Å²) in [5.74, 6) is -0.504. The third kappa shape index (κ3) is 3.94. The first-order valence-electron chi connectivity index (χ1n) is 10.7. The number of hydrogen-bond donors (Lipinski definition) is 2. The number of nitrogen functional groups attached to an aromatic ring is 1. The van der Waals surface area contributed by atoms with E-state index < -0.39 is 21.6 Å². The molecule has 0 atom stereocenters. The highest BCUT2D eigenvalue weighted by atomic mass is 32.2. The van der Waals surface area contributed by atoms with Crippen LogP contribution in [0.4, 0.5) is 11.4 Å². The van der Waals surface area contributed by atoms with Gasteiger partial charge in [-0.3, -0.25) is 14.3 Å². The van der Waals surface area contributed by atoms with Crippen molar-refractivity contribution in [3.8, 4) is 11.5 Å². The van der Waals surface area contributed by atoms with Crippen molar-refractivity contribution in [1.29, 1.82) is 0 Å². The van der Waals surface area contributed by atoms with Crippen LogP contribution in [0.3, 0.4) is 0 Å². The fourth-order valence-corrected chi connectivity index (χ4v) is 5.06. The number of fused-ring (bicyclic) bond motifs is 2. The molecule has 0 spiro atoms. The first-order chi connectivity index (χ1) is 16.8. The van der Waals surface area contributed by atoms with E-state index in [4.69, 9.17) is 10.5 Å². The van der Waals surface area contributed by atoms with Crippen LogP contribution in [0.1, 0.15) is 37.4 Å². The fourth-order valence-electron chi connectivity index (χ4n) is 4.00. The van der Waals surface area contributed by atoms with Crippen LogP contribution in [-0.4, -0.2) is 20.0 Å². The van der Waals surface area contributed by atoms with Crippen molar-refractivity contribution in [1.82, 2.24) is 0 Å².